The van der Waals surface area contributed by atoms with E-state index >= 15 is 0 Å². The van der Waals surface area contributed by atoms with Crippen molar-refractivity contribution in [1.29, 1.82) is 0 Å². The van der Waals surface area contributed by atoms with Gasteiger partial charge in [-0.05, 0) is 41.3 Å². The van der Waals surface area contributed by atoms with Gasteiger partial charge in [0.1, 0.15) is 0 Å². The lowest BCUT2D eigenvalue weighted by atomic mass is 10.0. The number of carboxylic acid groups (broad SMARTS) is 1. The van der Waals surface area contributed by atoms with Crippen molar-refractivity contribution in [3.8, 4) is 0 Å². The molecule has 108 valence electrons. The van der Waals surface area contributed by atoms with E-state index in [0.29, 0.717) is 5.92 Å². The number of carboxylic acids is 1. The molecule has 2 aromatic rings. The maximum Gasteiger partial charge on any atom is 0.335 e. The lowest BCUT2D eigenvalue weighted by Gasteiger charge is -2.04. The molecular weight excluding hydrogens is 264 g/mol. The minimum Gasteiger partial charge on any atom is -0.478 e. The first-order valence-corrected chi connectivity index (χ1v) is 6.78. The Morgan fingerprint density at radius 2 is 1.71 bits per heavy atom. The second-order valence-corrected chi connectivity index (χ2v) is 5.07. The van der Waals surface area contributed by atoms with Gasteiger partial charge in [-0.1, -0.05) is 38.1 Å². The van der Waals surface area contributed by atoms with Crippen LogP contribution in [0.15, 0.2) is 53.6 Å². The van der Waals surface area contributed by atoms with Crippen molar-refractivity contribution in [2.24, 2.45) is 5.10 Å². The molecule has 0 fully saturated rings. The highest BCUT2D eigenvalue weighted by Gasteiger charge is 2.00. The minimum absolute atomic E-state index is 0.258. The van der Waals surface area contributed by atoms with Gasteiger partial charge in [-0.3, -0.25) is 5.43 Å². The Bertz CT molecular complexity index is 629. The second-order valence-electron chi connectivity index (χ2n) is 5.07. The summed E-state index contributed by atoms with van der Waals surface area (Å²) in [7, 11) is 0. The Labute approximate surface area is 124 Å². The SMILES string of the molecule is CC(C)c1ccc(C=NNc2ccc(C(=O)O)cc2)cc1. The molecule has 0 aliphatic rings. The molecule has 2 N–H and O–H groups in total. The standard InChI is InChI=1S/C17H18N2O2/c1-12(2)14-5-3-13(4-6-14)11-18-19-16-9-7-15(8-10-16)17(20)21/h3-12,19H,1-2H3,(H,20,21). The maximum atomic E-state index is 10.7. The molecule has 0 aliphatic heterocycles. The van der Waals surface area contributed by atoms with E-state index < -0.39 is 5.97 Å². The Morgan fingerprint density at radius 1 is 1.10 bits per heavy atom. The van der Waals surface area contributed by atoms with Gasteiger partial charge >= 0.3 is 5.97 Å². The Kier molecular flexibility index (Phi) is 4.72. The van der Waals surface area contributed by atoms with Crippen LogP contribution in [0.1, 0.15) is 41.3 Å². The van der Waals surface area contributed by atoms with Crippen molar-refractivity contribution in [2.75, 3.05) is 5.43 Å². The van der Waals surface area contributed by atoms with Crippen LogP contribution in [0.25, 0.3) is 0 Å². The average Bonchev–Trinajstić information content (AvgIpc) is 2.48. The van der Waals surface area contributed by atoms with Crippen molar-refractivity contribution in [2.45, 2.75) is 19.8 Å². The summed E-state index contributed by atoms with van der Waals surface area (Å²) in [5, 5.41) is 13.0. The first-order chi connectivity index (χ1) is 10.1. The highest BCUT2D eigenvalue weighted by molar-refractivity contribution is 5.88. The molecule has 2 rings (SSSR count). The summed E-state index contributed by atoms with van der Waals surface area (Å²) in [6.07, 6.45) is 1.73. The van der Waals surface area contributed by atoms with Gasteiger partial charge in [0.15, 0.2) is 0 Å². The number of hydrogen-bond acceptors (Lipinski definition) is 3. The molecule has 0 spiro atoms. The van der Waals surface area contributed by atoms with Crippen LogP contribution in [0.4, 0.5) is 5.69 Å². The third kappa shape index (κ3) is 4.18. The molecule has 0 saturated heterocycles. The predicted molar refractivity (Wildman–Crippen MR) is 85.1 cm³/mol. The predicted octanol–water partition coefficient (Wildman–Crippen LogP) is 3.95. The zero-order chi connectivity index (χ0) is 15.2. The van der Waals surface area contributed by atoms with E-state index in [0.717, 1.165) is 11.3 Å². The first-order valence-electron chi connectivity index (χ1n) is 6.78. The number of nitrogens with zero attached hydrogens (tertiary/aromatic N) is 1. The van der Waals surface area contributed by atoms with E-state index in [1.807, 2.05) is 12.1 Å². The van der Waals surface area contributed by atoms with Crippen LogP contribution in [0, 0.1) is 0 Å². The van der Waals surface area contributed by atoms with Crippen LogP contribution in [-0.2, 0) is 0 Å². The van der Waals surface area contributed by atoms with Gasteiger partial charge in [0.05, 0.1) is 17.5 Å². The largest absolute Gasteiger partial charge is 0.478 e. The summed E-state index contributed by atoms with van der Waals surface area (Å²) < 4.78 is 0. The number of hydrogen-bond donors (Lipinski definition) is 2. The van der Waals surface area contributed by atoms with Crippen LogP contribution in [0.3, 0.4) is 0 Å². The fourth-order valence-electron chi connectivity index (χ4n) is 1.84. The Hall–Kier alpha value is -2.62. The highest BCUT2D eigenvalue weighted by atomic mass is 16.4. The topological polar surface area (TPSA) is 61.7 Å². The third-order valence-electron chi connectivity index (χ3n) is 3.14. The maximum absolute atomic E-state index is 10.7. The molecular formula is C17H18N2O2. The van der Waals surface area contributed by atoms with Gasteiger partial charge < -0.3 is 5.11 Å². The molecule has 0 bridgehead atoms. The van der Waals surface area contributed by atoms with Gasteiger partial charge in [-0.25, -0.2) is 4.79 Å². The molecule has 0 saturated carbocycles. The first kappa shape index (κ1) is 14.8. The molecule has 2 aromatic carbocycles. The molecule has 0 heterocycles. The van der Waals surface area contributed by atoms with Gasteiger partial charge in [-0.15, -0.1) is 0 Å². The third-order valence-corrected chi connectivity index (χ3v) is 3.14. The summed E-state index contributed by atoms with van der Waals surface area (Å²) >= 11 is 0. The van der Waals surface area contributed by atoms with Crippen LogP contribution in [0.5, 0.6) is 0 Å². The smallest absolute Gasteiger partial charge is 0.335 e. The van der Waals surface area contributed by atoms with E-state index in [4.69, 9.17) is 5.11 Å². The van der Waals surface area contributed by atoms with Gasteiger partial charge in [-0.2, -0.15) is 5.10 Å². The van der Waals surface area contributed by atoms with E-state index in [-0.39, 0.29) is 5.56 Å². The fourth-order valence-corrected chi connectivity index (χ4v) is 1.84. The van der Waals surface area contributed by atoms with Crippen molar-refractivity contribution in [1.82, 2.24) is 0 Å². The van der Waals surface area contributed by atoms with Crippen molar-refractivity contribution >= 4 is 17.9 Å². The molecule has 4 heteroatoms. The van der Waals surface area contributed by atoms with Gasteiger partial charge in [0.25, 0.3) is 0 Å². The molecule has 0 aromatic heterocycles. The zero-order valence-corrected chi connectivity index (χ0v) is 12.1. The van der Waals surface area contributed by atoms with Crippen molar-refractivity contribution in [3.05, 3.63) is 65.2 Å². The van der Waals surface area contributed by atoms with Gasteiger partial charge in [0, 0.05) is 0 Å². The molecule has 21 heavy (non-hydrogen) atoms. The monoisotopic (exact) mass is 282 g/mol. The quantitative estimate of drug-likeness (QED) is 0.644. The van der Waals surface area contributed by atoms with E-state index in [9.17, 15) is 4.79 Å². The molecule has 0 amide bonds. The van der Waals surface area contributed by atoms with Crippen LogP contribution in [0.2, 0.25) is 0 Å². The van der Waals surface area contributed by atoms with Crippen LogP contribution < -0.4 is 5.43 Å². The summed E-state index contributed by atoms with van der Waals surface area (Å²) in [4.78, 5) is 10.7. The molecule has 4 nitrogen and oxygen atoms in total. The second kappa shape index (κ2) is 6.70. The van der Waals surface area contributed by atoms with Gasteiger partial charge in [0.2, 0.25) is 0 Å². The lowest BCUT2D eigenvalue weighted by molar-refractivity contribution is 0.0697. The Balaban J connectivity index is 1.97. The lowest BCUT2D eigenvalue weighted by Crippen LogP contribution is -1.96. The zero-order valence-electron chi connectivity index (χ0n) is 12.1. The number of nitrogens with one attached hydrogen (secondary N) is 1. The molecule has 0 aliphatic carbocycles. The van der Waals surface area contributed by atoms with Crippen molar-refractivity contribution in [3.63, 3.8) is 0 Å². The number of rotatable bonds is 5. The van der Waals surface area contributed by atoms with Crippen LogP contribution in [-0.4, -0.2) is 17.3 Å². The summed E-state index contributed by atoms with van der Waals surface area (Å²) in [5.41, 5.74) is 6.18. The van der Waals surface area contributed by atoms with E-state index in [2.05, 4.69) is 36.5 Å². The summed E-state index contributed by atoms with van der Waals surface area (Å²) in [6.45, 7) is 4.32. The summed E-state index contributed by atoms with van der Waals surface area (Å²) in [5.74, 6) is -0.419. The van der Waals surface area contributed by atoms with Crippen molar-refractivity contribution < 1.29 is 9.90 Å². The normalized spacial score (nSPS) is 11.0. The average molecular weight is 282 g/mol. The molecule has 0 unspecified atom stereocenters. The minimum atomic E-state index is -0.935. The van der Waals surface area contributed by atoms with E-state index in [1.54, 1.807) is 18.3 Å². The van der Waals surface area contributed by atoms with Crippen LogP contribution >= 0.6 is 0 Å². The van der Waals surface area contributed by atoms with E-state index in [1.165, 1.54) is 17.7 Å². The number of anilines is 1. The summed E-state index contributed by atoms with van der Waals surface area (Å²) in [6, 6.07) is 14.7. The Morgan fingerprint density at radius 3 is 2.24 bits per heavy atom. The number of hydrazone groups is 1. The number of benzene rings is 2. The highest BCUT2D eigenvalue weighted by Crippen LogP contribution is 2.14. The molecule has 0 atom stereocenters. The number of aromatic carboxylic acids is 1. The molecule has 0 radical (unpaired) electrons. The fraction of sp³-hybridized carbons (Fsp3) is 0.176. The number of carbonyl (C=O) groups is 1.